The highest BCUT2D eigenvalue weighted by Crippen LogP contribution is 2.40. The van der Waals surface area contributed by atoms with Crippen molar-refractivity contribution >= 4 is 22.1 Å². The molecule has 0 saturated carbocycles. The molecule has 2 N–H and O–H groups in total. The zero-order valence-corrected chi connectivity index (χ0v) is 18.3. The maximum absolute atomic E-state index is 15.4. The molecule has 5 rings (SSSR count). The highest BCUT2D eigenvalue weighted by Gasteiger charge is 2.47. The summed E-state index contributed by atoms with van der Waals surface area (Å²) in [7, 11) is 0. The Morgan fingerprint density at radius 3 is 2.74 bits per heavy atom. The number of phenols is 1. The van der Waals surface area contributed by atoms with Gasteiger partial charge in [-0.1, -0.05) is 0 Å². The molecule has 0 aliphatic carbocycles. The van der Waals surface area contributed by atoms with Gasteiger partial charge in [-0.3, -0.25) is 0 Å². The molecular formula is C23H26FN5O2. The highest BCUT2D eigenvalue weighted by molar-refractivity contribution is 5.86. The van der Waals surface area contributed by atoms with E-state index in [1.165, 1.54) is 0 Å². The molecule has 31 heavy (non-hydrogen) atoms. The predicted octanol–water partition coefficient (Wildman–Crippen LogP) is 4.68. The van der Waals surface area contributed by atoms with Gasteiger partial charge in [0.15, 0.2) is 17.1 Å². The first-order valence-corrected chi connectivity index (χ1v) is 10.4. The number of aromatic nitrogens is 4. The molecule has 4 aromatic rings. The van der Waals surface area contributed by atoms with Crippen LogP contribution in [0.3, 0.4) is 0 Å². The normalized spacial score (nSPS) is 22.9. The zero-order valence-electron chi connectivity index (χ0n) is 18.3. The number of halogens is 1. The number of phenolic OH excluding ortho intramolecular Hbond substituents is 1. The molecule has 0 spiro atoms. The van der Waals surface area contributed by atoms with Crippen LogP contribution < -0.4 is 5.32 Å². The van der Waals surface area contributed by atoms with Crippen LogP contribution in [0, 0.1) is 6.92 Å². The Labute approximate surface area is 179 Å². The number of alkyl halides is 1. The van der Waals surface area contributed by atoms with Crippen LogP contribution in [0.25, 0.3) is 33.4 Å². The third kappa shape index (κ3) is 3.26. The van der Waals surface area contributed by atoms with Gasteiger partial charge < -0.3 is 19.4 Å². The van der Waals surface area contributed by atoms with E-state index in [1.807, 2.05) is 36.7 Å². The van der Waals surface area contributed by atoms with Gasteiger partial charge in [-0.25, -0.2) is 9.37 Å². The molecule has 2 atom stereocenters. The number of aryl methyl sites for hydroxylation is 1. The number of piperidine rings is 1. The molecule has 4 heterocycles. The van der Waals surface area contributed by atoms with Crippen molar-refractivity contribution in [3.63, 3.8) is 0 Å². The monoisotopic (exact) mass is 423 g/mol. The van der Waals surface area contributed by atoms with Gasteiger partial charge in [-0.15, -0.1) is 10.2 Å². The lowest BCUT2D eigenvalue weighted by molar-refractivity contribution is 0.0313. The molecule has 1 aliphatic heterocycles. The third-order valence-corrected chi connectivity index (χ3v) is 6.12. The Morgan fingerprint density at radius 1 is 1.19 bits per heavy atom. The van der Waals surface area contributed by atoms with Crippen LogP contribution in [0.1, 0.15) is 46.0 Å². The molecule has 0 bridgehead atoms. The summed E-state index contributed by atoms with van der Waals surface area (Å²) in [5.74, 6) is 0.582. The molecule has 1 aliphatic rings. The maximum Gasteiger partial charge on any atom is 0.192 e. The van der Waals surface area contributed by atoms with E-state index in [4.69, 9.17) is 4.42 Å². The van der Waals surface area contributed by atoms with Crippen LogP contribution in [0.15, 0.2) is 34.9 Å². The maximum atomic E-state index is 15.4. The second-order valence-corrected chi connectivity index (χ2v) is 9.71. The number of benzene rings is 1. The molecule has 162 valence electrons. The fourth-order valence-corrected chi connectivity index (χ4v) is 4.98. The Hall–Kier alpha value is -3.00. The second kappa shape index (κ2) is 6.50. The van der Waals surface area contributed by atoms with Crippen molar-refractivity contribution in [2.24, 2.45) is 0 Å². The summed E-state index contributed by atoms with van der Waals surface area (Å²) in [4.78, 5) is 4.24. The lowest BCUT2D eigenvalue weighted by atomic mass is 9.78. The third-order valence-electron chi connectivity index (χ3n) is 6.12. The van der Waals surface area contributed by atoms with Crippen molar-refractivity contribution < 1.29 is 13.9 Å². The van der Waals surface area contributed by atoms with Crippen LogP contribution in [-0.2, 0) is 0 Å². The molecule has 0 unspecified atom stereocenters. The Bertz CT molecular complexity index is 1310. The number of nitrogens with one attached hydrogen (secondary N) is 1. The first-order chi connectivity index (χ1) is 14.5. The Kier molecular flexibility index (Phi) is 4.18. The van der Waals surface area contributed by atoms with E-state index < -0.39 is 11.7 Å². The van der Waals surface area contributed by atoms with Gasteiger partial charge in [0.25, 0.3) is 0 Å². The van der Waals surface area contributed by atoms with Crippen molar-refractivity contribution in [3.8, 4) is 17.0 Å². The minimum Gasteiger partial charge on any atom is -0.507 e. The highest BCUT2D eigenvalue weighted by atomic mass is 19.1. The number of nitrogens with zero attached hydrogens (tertiary/aromatic N) is 4. The van der Waals surface area contributed by atoms with Crippen LogP contribution >= 0.6 is 0 Å². The van der Waals surface area contributed by atoms with E-state index in [0.717, 1.165) is 5.39 Å². The van der Waals surface area contributed by atoms with Crippen molar-refractivity contribution in [2.45, 2.75) is 64.3 Å². The Balaban J connectivity index is 1.57. The van der Waals surface area contributed by atoms with Gasteiger partial charge >= 0.3 is 0 Å². The van der Waals surface area contributed by atoms with Crippen LogP contribution in [-0.4, -0.2) is 42.1 Å². The SMILES string of the molecule is Cc1nc2cc(O)c(-c3cc4ccn([C@H]5CC(C)(C)NC(C)(C)[C@H]5F)c4nn3)cc2o1. The van der Waals surface area contributed by atoms with Gasteiger partial charge in [0.1, 0.15) is 17.4 Å². The van der Waals surface area contributed by atoms with E-state index in [1.54, 1.807) is 19.1 Å². The van der Waals surface area contributed by atoms with Gasteiger partial charge in [-0.05, 0) is 52.3 Å². The first kappa shape index (κ1) is 19.9. The van der Waals surface area contributed by atoms with Crippen molar-refractivity contribution in [2.75, 3.05) is 0 Å². The molecular weight excluding hydrogens is 397 g/mol. The standard InChI is InChI=1S/C23H26FN5O2/c1-12-25-16-10-18(30)14(9-19(16)31-12)15-8-13-6-7-29(21(13)27-26-15)17-11-22(2,3)28-23(4,5)20(17)24/h6-10,17,20,28,30H,11H2,1-5H3/t17-,20-/m0/s1. The lowest BCUT2D eigenvalue weighted by Crippen LogP contribution is -2.64. The van der Waals surface area contributed by atoms with E-state index in [2.05, 4.69) is 34.3 Å². The van der Waals surface area contributed by atoms with Crippen LogP contribution in [0.5, 0.6) is 5.75 Å². The topological polar surface area (TPSA) is 89.0 Å². The fourth-order valence-electron chi connectivity index (χ4n) is 4.98. The summed E-state index contributed by atoms with van der Waals surface area (Å²) in [5, 5.41) is 23.5. The van der Waals surface area contributed by atoms with E-state index in [-0.39, 0.29) is 17.3 Å². The number of oxazole rings is 1. The van der Waals surface area contributed by atoms with Crippen molar-refractivity contribution in [1.29, 1.82) is 0 Å². The van der Waals surface area contributed by atoms with E-state index in [0.29, 0.717) is 40.3 Å². The summed E-state index contributed by atoms with van der Waals surface area (Å²) < 4.78 is 22.9. The second-order valence-electron chi connectivity index (χ2n) is 9.71. The average molecular weight is 423 g/mol. The van der Waals surface area contributed by atoms with Crippen LogP contribution in [0.4, 0.5) is 4.39 Å². The minimum absolute atomic E-state index is 0.0551. The molecule has 3 aromatic heterocycles. The summed E-state index contributed by atoms with van der Waals surface area (Å²) in [6, 6.07) is 6.69. The molecule has 0 amide bonds. The number of rotatable bonds is 2. The molecule has 1 saturated heterocycles. The summed E-state index contributed by atoms with van der Waals surface area (Å²) in [5.41, 5.74) is 1.94. The fraction of sp³-hybridized carbons (Fsp3) is 0.435. The number of hydrogen-bond donors (Lipinski definition) is 2. The average Bonchev–Trinajstić information content (AvgIpc) is 3.24. The first-order valence-electron chi connectivity index (χ1n) is 10.4. The van der Waals surface area contributed by atoms with Crippen molar-refractivity contribution in [3.05, 3.63) is 36.4 Å². The molecule has 1 aromatic carbocycles. The van der Waals surface area contributed by atoms with E-state index >= 15 is 4.39 Å². The molecule has 8 heteroatoms. The van der Waals surface area contributed by atoms with Gasteiger partial charge in [0.2, 0.25) is 0 Å². The van der Waals surface area contributed by atoms with Gasteiger partial charge in [0.05, 0.1) is 11.7 Å². The number of aromatic hydroxyl groups is 1. The smallest absolute Gasteiger partial charge is 0.192 e. The summed E-state index contributed by atoms with van der Waals surface area (Å²) >= 11 is 0. The van der Waals surface area contributed by atoms with Crippen molar-refractivity contribution in [1.82, 2.24) is 25.1 Å². The summed E-state index contributed by atoms with van der Waals surface area (Å²) in [6.45, 7) is 9.73. The molecule has 7 nitrogen and oxygen atoms in total. The lowest BCUT2D eigenvalue weighted by Gasteiger charge is -2.49. The largest absolute Gasteiger partial charge is 0.507 e. The van der Waals surface area contributed by atoms with E-state index in [9.17, 15) is 5.11 Å². The number of hydrogen-bond acceptors (Lipinski definition) is 6. The molecule has 1 fully saturated rings. The van der Waals surface area contributed by atoms with Gasteiger partial charge in [0, 0.05) is 41.2 Å². The Morgan fingerprint density at radius 2 is 1.97 bits per heavy atom. The van der Waals surface area contributed by atoms with Crippen LogP contribution in [0.2, 0.25) is 0 Å². The quantitative estimate of drug-likeness (QED) is 0.487. The molecule has 0 radical (unpaired) electrons. The minimum atomic E-state index is -1.08. The van der Waals surface area contributed by atoms with Gasteiger partial charge in [-0.2, -0.15) is 0 Å². The predicted molar refractivity (Wildman–Crippen MR) is 117 cm³/mol. The zero-order chi connectivity index (χ0) is 22.1. The number of fused-ring (bicyclic) bond motifs is 2. The summed E-state index contributed by atoms with van der Waals surface area (Å²) in [6.07, 6.45) is 1.42.